The third-order valence-corrected chi connectivity index (χ3v) is 4.31. The van der Waals surface area contributed by atoms with E-state index in [0.29, 0.717) is 5.56 Å². The van der Waals surface area contributed by atoms with Crippen LogP contribution in [0.1, 0.15) is 42.5 Å². The molecule has 1 aromatic carbocycles. The fourth-order valence-corrected chi connectivity index (χ4v) is 3.26. The molecule has 3 heteroatoms. The van der Waals surface area contributed by atoms with Gasteiger partial charge >= 0.3 is 5.97 Å². The minimum atomic E-state index is -0.194. The Morgan fingerprint density at radius 2 is 1.89 bits per heavy atom. The lowest BCUT2D eigenvalue weighted by molar-refractivity contribution is -0.0131. The fourth-order valence-electron chi connectivity index (χ4n) is 3.26. The summed E-state index contributed by atoms with van der Waals surface area (Å²) in [5, 5.41) is 0. The van der Waals surface area contributed by atoms with Gasteiger partial charge in [-0.05, 0) is 62.3 Å². The average molecular weight is 246 g/mol. The number of rotatable bonds is 3. The summed E-state index contributed by atoms with van der Waals surface area (Å²) in [5.74, 6) is 1.35. The van der Waals surface area contributed by atoms with Gasteiger partial charge in [0.2, 0.25) is 0 Å². The Morgan fingerprint density at radius 3 is 2.39 bits per heavy atom. The number of methoxy groups -OCH3 is 1. The van der Waals surface area contributed by atoms with Gasteiger partial charge in [-0.3, -0.25) is 0 Å². The van der Waals surface area contributed by atoms with Gasteiger partial charge in [0.25, 0.3) is 0 Å². The Bertz CT molecular complexity index is 441. The molecule has 1 aromatic rings. The summed E-state index contributed by atoms with van der Waals surface area (Å²) in [4.78, 5) is 12.1. The molecule has 0 amide bonds. The van der Waals surface area contributed by atoms with Gasteiger partial charge in [-0.2, -0.15) is 0 Å². The SMILES string of the molecule is COc1ccc(C(=O)OC23CCC(CC2)C3)cc1. The van der Waals surface area contributed by atoms with E-state index in [1.807, 2.05) is 0 Å². The highest BCUT2D eigenvalue weighted by Crippen LogP contribution is 2.50. The van der Waals surface area contributed by atoms with Crippen LogP contribution in [-0.4, -0.2) is 18.7 Å². The summed E-state index contributed by atoms with van der Waals surface area (Å²) in [6.07, 6.45) is 5.58. The Labute approximate surface area is 107 Å². The molecule has 96 valence electrons. The topological polar surface area (TPSA) is 35.5 Å². The van der Waals surface area contributed by atoms with E-state index >= 15 is 0 Å². The number of hydrogen-bond acceptors (Lipinski definition) is 3. The zero-order chi connectivity index (χ0) is 12.6. The van der Waals surface area contributed by atoms with Crippen LogP contribution in [0.3, 0.4) is 0 Å². The first-order valence-corrected chi connectivity index (χ1v) is 6.58. The first kappa shape index (κ1) is 11.6. The molecule has 0 saturated heterocycles. The van der Waals surface area contributed by atoms with Gasteiger partial charge in [0.05, 0.1) is 12.7 Å². The van der Waals surface area contributed by atoms with Crippen molar-refractivity contribution in [3.63, 3.8) is 0 Å². The number of carbonyl (C=O) groups excluding carboxylic acids is 1. The lowest BCUT2D eigenvalue weighted by Gasteiger charge is -2.26. The molecule has 2 saturated carbocycles. The highest BCUT2D eigenvalue weighted by Gasteiger charge is 2.47. The van der Waals surface area contributed by atoms with E-state index in [2.05, 4.69) is 0 Å². The van der Waals surface area contributed by atoms with Crippen molar-refractivity contribution in [3.8, 4) is 5.75 Å². The summed E-state index contributed by atoms with van der Waals surface area (Å²) in [6.45, 7) is 0. The van der Waals surface area contributed by atoms with Crippen molar-refractivity contribution in [1.82, 2.24) is 0 Å². The smallest absolute Gasteiger partial charge is 0.338 e. The van der Waals surface area contributed by atoms with Crippen molar-refractivity contribution in [2.24, 2.45) is 5.92 Å². The molecule has 0 aromatic heterocycles. The second-order valence-corrected chi connectivity index (χ2v) is 5.45. The van der Waals surface area contributed by atoms with E-state index in [-0.39, 0.29) is 11.6 Å². The minimum Gasteiger partial charge on any atom is -0.497 e. The molecule has 0 heterocycles. The monoisotopic (exact) mass is 246 g/mol. The summed E-state index contributed by atoms with van der Waals surface area (Å²) in [6, 6.07) is 7.11. The van der Waals surface area contributed by atoms with Gasteiger partial charge in [0, 0.05) is 0 Å². The molecule has 0 spiro atoms. The number of esters is 1. The van der Waals surface area contributed by atoms with E-state index < -0.39 is 0 Å². The number of fused-ring (bicyclic) bond motifs is 2. The zero-order valence-electron chi connectivity index (χ0n) is 10.6. The van der Waals surface area contributed by atoms with Crippen molar-refractivity contribution < 1.29 is 14.3 Å². The molecule has 18 heavy (non-hydrogen) atoms. The number of carbonyl (C=O) groups is 1. The molecule has 3 nitrogen and oxygen atoms in total. The molecule has 0 atom stereocenters. The maximum Gasteiger partial charge on any atom is 0.338 e. The first-order valence-electron chi connectivity index (χ1n) is 6.58. The molecule has 0 unspecified atom stereocenters. The molecule has 3 rings (SSSR count). The van der Waals surface area contributed by atoms with Gasteiger partial charge in [0.15, 0.2) is 0 Å². The molecular formula is C15H18O3. The van der Waals surface area contributed by atoms with Crippen molar-refractivity contribution in [3.05, 3.63) is 29.8 Å². The van der Waals surface area contributed by atoms with Crippen LogP contribution in [0.15, 0.2) is 24.3 Å². The zero-order valence-corrected chi connectivity index (χ0v) is 10.6. The first-order chi connectivity index (χ1) is 8.71. The minimum absolute atomic E-state index is 0.151. The third kappa shape index (κ3) is 1.98. The van der Waals surface area contributed by atoms with E-state index in [1.165, 1.54) is 12.8 Å². The summed E-state index contributed by atoms with van der Waals surface area (Å²) in [7, 11) is 1.61. The van der Waals surface area contributed by atoms with E-state index in [0.717, 1.165) is 30.9 Å². The molecule has 2 aliphatic rings. The highest BCUT2D eigenvalue weighted by molar-refractivity contribution is 5.89. The van der Waals surface area contributed by atoms with Crippen molar-refractivity contribution in [2.75, 3.05) is 7.11 Å². The van der Waals surface area contributed by atoms with Crippen LogP contribution in [0.25, 0.3) is 0 Å². The predicted octanol–water partition coefficient (Wildman–Crippen LogP) is 3.18. The van der Waals surface area contributed by atoms with Crippen LogP contribution >= 0.6 is 0 Å². The number of ether oxygens (including phenoxy) is 2. The molecule has 2 aliphatic carbocycles. The van der Waals surface area contributed by atoms with Crippen LogP contribution in [0.4, 0.5) is 0 Å². The Balaban J connectivity index is 1.70. The number of hydrogen-bond donors (Lipinski definition) is 0. The molecular weight excluding hydrogens is 228 g/mol. The van der Waals surface area contributed by atoms with Crippen LogP contribution < -0.4 is 4.74 Å². The fraction of sp³-hybridized carbons (Fsp3) is 0.533. The molecule has 0 radical (unpaired) electrons. The van der Waals surface area contributed by atoms with Gasteiger partial charge in [-0.1, -0.05) is 0 Å². The van der Waals surface area contributed by atoms with Crippen LogP contribution in [0.5, 0.6) is 5.75 Å². The molecule has 2 bridgehead atoms. The lowest BCUT2D eigenvalue weighted by atomic mass is 9.97. The van der Waals surface area contributed by atoms with Gasteiger partial charge in [-0.25, -0.2) is 4.79 Å². The average Bonchev–Trinajstić information content (AvgIpc) is 2.98. The Morgan fingerprint density at radius 1 is 1.22 bits per heavy atom. The summed E-state index contributed by atoms with van der Waals surface area (Å²) >= 11 is 0. The normalized spacial score (nSPS) is 29.3. The van der Waals surface area contributed by atoms with Crippen molar-refractivity contribution in [2.45, 2.75) is 37.7 Å². The Hall–Kier alpha value is -1.51. The lowest BCUT2D eigenvalue weighted by Crippen LogP contribution is -2.30. The predicted molar refractivity (Wildman–Crippen MR) is 67.7 cm³/mol. The second kappa shape index (κ2) is 4.30. The quantitative estimate of drug-likeness (QED) is 0.768. The van der Waals surface area contributed by atoms with Gasteiger partial charge < -0.3 is 9.47 Å². The van der Waals surface area contributed by atoms with Crippen LogP contribution in [0.2, 0.25) is 0 Å². The van der Waals surface area contributed by atoms with Crippen LogP contribution in [-0.2, 0) is 4.74 Å². The Kier molecular flexibility index (Phi) is 2.77. The standard InChI is InChI=1S/C15H18O3/c1-17-13-4-2-12(3-5-13)14(16)18-15-8-6-11(10-15)7-9-15/h2-5,11H,6-10H2,1H3. The third-order valence-electron chi connectivity index (χ3n) is 4.31. The van der Waals surface area contributed by atoms with Crippen molar-refractivity contribution in [1.29, 1.82) is 0 Å². The molecule has 0 aliphatic heterocycles. The van der Waals surface area contributed by atoms with E-state index in [9.17, 15) is 4.79 Å². The van der Waals surface area contributed by atoms with Crippen LogP contribution in [0, 0.1) is 5.92 Å². The highest BCUT2D eigenvalue weighted by atomic mass is 16.6. The second-order valence-electron chi connectivity index (χ2n) is 5.45. The van der Waals surface area contributed by atoms with E-state index in [1.54, 1.807) is 31.4 Å². The van der Waals surface area contributed by atoms with E-state index in [4.69, 9.17) is 9.47 Å². The summed E-state index contributed by atoms with van der Waals surface area (Å²) in [5.41, 5.74) is 0.460. The number of benzene rings is 1. The maximum absolute atomic E-state index is 12.1. The summed E-state index contributed by atoms with van der Waals surface area (Å²) < 4.78 is 10.8. The largest absolute Gasteiger partial charge is 0.497 e. The molecule has 0 N–H and O–H groups in total. The van der Waals surface area contributed by atoms with Gasteiger partial charge in [-0.15, -0.1) is 0 Å². The van der Waals surface area contributed by atoms with Crippen molar-refractivity contribution >= 4 is 5.97 Å². The maximum atomic E-state index is 12.1. The van der Waals surface area contributed by atoms with Gasteiger partial charge in [0.1, 0.15) is 11.4 Å². The molecule has 2 fully saturated rings.